The van der Waals surface area contributed by atoms with Crippen molar-refractivity contribution in [2.45, 2.75) is 45.0 Å². The summed E-state index contributed by atoms with van der Waals surface area (Å²) in [6, 6.07) is 9.65. The van der Waals surface area contributed by atoms with Gasteiger partial charge in [0.2, 0.25) is 5.79 Å². The Morgan fingerprint density at radius 1 is 1.12 bits per heavy atom. The molecule has 1 spiro atoms. The predicted octanol–water partition coefficient (Wildman–Crippen LogP) is 4.46. The van der Waals surface area contributed by atoms with Gasteiger partial charge in [0.15, 0.2) is 6.73 Å². The molecule has 0 aromatic heterocycles. The Morgan fingerprint density at radius 2 is 1.87 bits per heavy atom. The van der Waals surface area contributed by atoms with Crippen LogP contribution in [0.5, 0.6) is 5.75 Å². The van der Waals surface area contributed by atoms with Crippen molar-refractivity contribution in [3.63, 3.8) is 0 Å². The summed E-state index contributed by atoms with van der Waals surface area (Å²) in [5.41, 5.74) is 9.58. The number of hydrazine groups is 1. The van der Waals surface area contributed by atoms with Gasteiger partial charge in [-0.05, 0) is 30.9 Å². The number of halogens is 2. The minimum atomic E-state index is -1.20. The van der Waals surface area contributed by atoms with E-state index in [0.717, 1.165) is 18.8 Å². The molecule has 5 N–H and O–H groups in total. The smallest absolute Gasteiger partial charge is 0.337 e. The summed E-state index contributed by atoms with van der Waals surface area (Å²) in [5.74, 6) is 3.63. The van der Waals surface area contributed by atoms with E-state index < -0.39 is 23.5 Å². The van der Waals surface area contributed by atoms with Gasteiger partial charge < -0.3 is 49.4 Å². The van der Waals surface area contributed by atoms with Gasteiger partial charge in [-0.2, -0.15) is 0 Å². The molecule has 1 atom stereocenters. The zero-order valence-electron chi connectivity index (χ0n) is 29.3. The number of aromatic carboxylic acids is 1. The number of benzene rings is 3. The van der Waals surface area contributed by atoms with E-state index in [9.17, 15) is 14.7 Å². The molecule has 13 nitrogen and oxygen atoms in total. The monoisotopic (exact) mass is 734 g/mol. The number of carbonyl (C=O) groups is 2. The van der Waals surface area contributed by atoms with Crippen molar-refractivity contribution in [3.8, 4) is 16.9 Å². The summed E-state index contributed by atoms with van der Waals surface area (Å²) in [4.78, 5) is 32.0. The number of ether oxygens (including phenoxy) is 4. The van der Waals surface area contributed by atoms with Gasteiger partial charge in [-0.15, -0.1) is 0 Å². The predicted molar refractivity (Wildman–Crippen MR) is 196 cm³/mol. The third-order valence-corrected chi connectivity index (χ3v) is 11.0. The van der Waals surface area contributed by atoms with Crippen molar-refractivity contribution in [1.29, 1.82) is 0 Å². The summed E-state index contributed by atoms with van der Waals surface area (Å²) in [6.45, 7) is 7.16. The lowest BCUT2D eigenvalue weighted by atomic mass is 9.60. The first kappa shape index (κ1) is 34.8. The standard InChI is InChI=1S/C36H41BClFN6O7/c1-35(2)16-51-36(52-17-35)14-44(15-36)28-11-25(38)29(31(30(28)40)42(3)41)33(46)43-12-20-5-4-6-22(32(20)50-19-43)23-10-27(24(34(47)48)9-26(23)39)45-21-7-8-37(45)18-49-13-21/h4-6,9-11,21H,7-8,12-19,40-41H2,1-3H3,(H,47,48). The number of nitrogens with zero attached hydrogens (tertiary/aromatic N) is 4. The third-order valence-electron chi connectivity index (χ3n) is 10.7. The highest BCUT2D eigenvalue weighted by atomic mass is 35.5. The summed E-state index contributed by atoms with van der Waals surface area (Å²) in [6.07, 6.45) is 1.73. The summed E-state index contributed by atoms with van der Waals surface area (Å²) >= 11 is 6.86. The first-order valence-corrected chi connectivity index (χ1v) is 17.7. The molecule has 4 saturated heterocycles. The number of hydrogen-bond acceptors (Lipinski definition) is 11. The van der Waals surface area contributed by atoms with E-state index in [1.54, 1.807) is 37.4 Å². The van der Waals surface area contributed by atoms with E-state index >= 15 is 4.39 Å². The lowest BCUT2D eigenvalue weighted by Crippen LogP contribution is -2.68. The minimum Gasteiger partial charge on any atom is -0.478 e. The number of carbonyl (C=O) groups excluding carboxylic acids is 1. The summed E-state index contributed by atoms with van der Waals surface area (Å²) in [5, 5.41) is 11.5. The molecule has 5 heterocycles. The molecule has 52 heavy (non-hydrogen) atoms. The molecule has 2 bridgehead atoms. The van der Waals surface area contributed by atoms with E-state index in [0.29, 0.717) is 67.7 Å². The Labute approximate surface area is 306 Å². The van der Waals surface area contributed by atoms with E-state index in [1.807, 2.05) is 4.90 Å². The Hall–Kier alpha value is -4.28. The molecular formula is C36H41BClFN6O7. The fourth-order valence-corrected chi connectivity index (χ4v) is 8.32. The maximum atomic E-state index is 15.8. The van der Waals surface area contributed by atoms with E-state index in [1.165, 1.54) is 9.91 Å². The normalized spacial score (nSPS) is 21.5. The fraction of sp³-hybridized carbons (Fsp3) is 0.444. The molecule has 3 aromatic carbocycles. The number of nitrogen functional groups attached to an aromatic ring is 1. The van der Waals surface area contributed by atoms with Gasteiger partial charge in [0.1, 0.15) is 11.6 Å². The van der Waals surface area contributed by atoms with E-state index in [-0.39, 0.29) is 64.7 Å². The van der Waals surface area contributed by atoms with Crippen LogP contribution in [0.3, 0.4) is 0 Å². The highest BCUT2D eigenvalue weighted by Crippen LogP contribution is 2.47. The molecular weight excluding hydrogens is 694 g/mol. The van der Waals surface area contributed by atoms with Gasteiger partial charge in [0, 0.05) is 47.4 Å². The van der Waals surface area contributed by atoms with Gasteiger partial charge in [-0.3, -0.25) is 4.79 Å². The number of amides is 1. The number of rotatable bonds is 6. The van der Waals surface area contributed by atoms with Gasteiger partial charge in [0.05, 0.1) is 72.7 Å². The van der Waals surface area contributed by atoms with Crippen LogP contribution >= 0.6 is 11.6 Å². The van der Waals surface area contributed by atoms with Gasteiger partial charge in [0.25, 0.3) is 12.8 Å². The SMILES string of the molecule is CN(N)c1c(N)c(N2CC3(C2)OCC(C)(C)CO3)cc(Cl)c1C(=O)N1COc2c(cccc2-c2cc(N3B4CCC3COC4)c(C(=O)O)cc2F)C1. The van der Waals surface area contributed by atoms with Crippen LogP contribution in [0, 0.1) is 11.2 Å². The first-order valence-electron chi connectivity index (χ1n) is 17.4. The second-order valence-electron chi connectivity index (χ2n) is 15.2. The second kappa shape index (κ2) is 12.7. The van der Waals surface area contributed by atoms with Gasteiger partial charge in [-0.25, -0.2) is 15.0 Å². The van der Waals surface area contributed by atoms with Crippen LogP contribution in [0.1, 0.15) is 46.5 Å². The summed E-state index contributed by atoms with van der Waals surface area (Å²) < 4.78 is 39.9. The maximum Gasteiger partial charge on any atom is 0.337 e. The molecule has 0 saturated carbocycles. The van der Waals surface area contributed by atoms with Crippen molar-refractivity contribution in [2.75, 3.05) is 73.6 Å². The Balaban J connectivity index is 1.07. The molecule has 1 unspecified atom stereocenters. The minimum absolute atomic E-state index is 0.0122. The lowest BCUT2D eigenvalue weighted by molar-refractivity contribution is -0.307. The number of anilines is 4. The average Bonchev–Trinajstić information content (AvgIpc) is 3.33. The average molecular weight is 735 g/mol. The quantitative estimate of drug-likeness (QED) is 0.142. The van der Waals surface area contributed by atoms with Crippen molar-refractivity contribution >= 4 is 53.1 Å². The Morgan fingerprint density at radius 3 is 2.56 bits per heavy atom. The van der Waals surface area contributed by atoms with Crippen LogP contribution in [-0.2, 0) is 20.8 Å². The van der Waals surface area contributed by atoms with Crippen LogP contribution in [0.2, 0.25) is 11.3 Å². The van der Waals surface area contributed by atoms with Crippen molar-refractivity contribution < 1.29 is 38.0 Å². The second-order valence-corrected chi connectivity index (χ2v) is 15.6. The molecule has 16 heteroatoms. The van der Waals surface area contributed by atoms with Crippen LogP contribution < -0.4 is 31.0 Å². The highest BCUT2D eigenvalue weighted by molar-refractivity contribution is 6.64. The van der Waals surface area contributed by atoms with Crippen LogP contribution in [-0.4, -0.2) is 93.8 Å². The first-order chi connectivity index (χ1) is 24.8. The zero-order chi connectivity index (χ0) is 36.7. The third kappa shape index (κ3) is 5.79. The number of hydrogen-bond donors (Lipinski definition) is 3. The molecule has 274 valence electrons. The lowest BCUT2D eigenvalue weighted by Gasteiger charge is -2.54. The molecule has 0 radical (unpaired) electrons. The fourth-order valence-electron chi connectivity index (χ4n) is 8.04. The highest BCUT2D eigenvalue weighted by Gasteiger charge is 2.51. The number of nitrogens with two attached hydrogens (primary N) is 2. The zero-order valence-corrected chi connectivity index (χ0v) is 30.0. The van der Waals surface area contributed by atoms with Gasteiger partial charge >= 0.3 is 5.97 Å². The van der Waals surface area contributed by atoms with Crippen LogP contribution in [0.25, 0.3) is 11.1 Å². The molecule has 0 aliphatic carbocycles. The van der Waals surface area contributed by atoms with Crippen molar-refractivity contribution in [1.82, 2.24) is 4.90 Å². The van der Waals surface area contributed by atoms with Crippen molar-refractivity contribution in [3.05, 3.63) is 63.9 Å². The number of carboxylic acid groups (broad SMARTS) is 1. The molecule has 5 aliphatic heterocycles. The van der Waals surface area contributed by atoms with Crippen LogP contribution in [0.15, 0.2) is 36.4 Å². The number of carboxylic acids is 1. The van der Waals surface area contributed by atoms with Crippen LogP contribution in [0.4, 0.5) is 27.1 Å². The molecule has 4 fully saturated rings. The largest absolute Gasteiger partial charge is 0.478 e. The van der Waals surface area contributed by atoms with Gasteiger partial charge in [-0.1, -0.05) is 43.6 Å². The Bertz CT molecular complexity index is 1950. The topological polar surface area (TPSA) is 156 Å². The molecule has 8 rings (SSSR count). The summed E-state index contributed by atoms with van der Waals surface area (Å²) in [7, 11) is 1.59. The molecule has 5 aliphatic rings. The van der Waals surface area contributed by atoms with E-state index in [2.05, 4.69) is 18.7 Å². The number of fused-ring (bicyclic) bond motifs is 3. The maximum absolute atomic E-state index is 15.8. The molecule has 1 amide bonds. The molecule has 3 aromatic rings. The number of para-hydroxylation sites is 1. The Kier molecular flexibility index (Phi) is 8.49. The van der Waals surface area contributed by atoms with E-state index in [4.69, 9.17) is 42.1 Å². The van der Waals surface area contributed by atoms with Crippen molar-refractivity contribution in [2.24, 2.45) is 11.3 Å².